The maximum Gasteiger partial charge on any atom is 0.0310 e. The molecule has 1 heterocycles. The summed E-state index contributed by atoms with van der Waals surface area (Å²) in [6.07, 6.45) is 5.74. The predicted molar refractivity (Wildman–Crippen MR) is 33.8 cm³/mol. The van der Waals surface area contributed by atoms with Crippen LogP contribution >= 0.6 is 0 Å². The van der Waals surface area contributed by atoms with E-state index in [0.29, 0.717) is 5.54 Å². The Morgan fingerprint density at radius 1 is 1.50 bits per heavy atom. The third kappa shape index (κ3) is 0.510. The molecule has 0 aromatic rings. The first kappa shape index (κ1) is 4.80. The number of nitrogens with one attached hydrogen (secondary N) is 1. The zero-order valence-corrected chi connectivity index (χ0v) is 5.41. The molecule has 46 valence electrons. The van der Waals surface area contributed by atoms with Gasteiger partial charge in [-0.3, -0.25) is 0 Å². The normalized spacial score (nSPS) is 52.9. The van der Waals surface area contributed by atoms with Crippen LogP contribution in [0.25, 0.3) is 0 Å². The molecule has 0 aromatic carbocycles. The molecule has 2 rings (SSSR count). The fourth-order valence-corrected chi connectivity index (χ4v) is 1.83. The van der Waals surface area contributed by atoms with Gasteiger partial charge >= 0.3 is 0 Å². The van der Waals surface area contributed by atoms with Gasteiger partial charge in [0.2, 0.25) is 0 Å². The summed E-state index contributed by atoms with van der Waals surface area (Å²) >= 11 is 0. The van der Waals surface area contributed by atoms with Gasteiger partial charge in [0.05, 0.1) is 0 Å². The molecule has 1 heteroatoms. The molecular formula is C7H13N. The summed E-state index contributed by atoms with van der Waals surface area (Å²) in [5, 5.41) is 3.51. The third-order valence-electron chi connectivity index (χ3n) is 2.63. The van der Waals surface area contributed by atoms with Crippen molar-refractivity contribution in [2.45, 2.75) is 44.2 Å². The minimum atomic E-state index is 0.595. The van der Waals surface area contributed by atoms with Gasteiger partial charge in [-0.1, -0.05) is 12.8 Å². The summed E-state index contributed by atoms with van der Waals surface area (Å²) in [6, 6.07) is 0.899. The van der Waals surface area contributed by atoms with Gasteiger partial charge in [-0.25, -0.2) is 0 Å². The van der Waals surface area contributed by atoms with Gasteiger partial charge in [-0.05, 0) is 19.8 Å². The number of fused-ring (bicyclic) bond motifs is 1. The average Bonchev–Trinajstić information content (AvgIpc) is 2.39. The molecule has 1 aliphatic carbocycles. The minimum absolute atomic E-state index is 0.595. The smallest absolute Gasteiger partial charge is 0.0310 e. The van der Waals surface area contributed by atoms with Crippen molar-refractivity contribution in [1.82, 2.24) is 5.32 Å². The summed E-state index contributed by atoms with van der Waals surface area (Å²) in [6.45, 7) is 2.34. The fourth-order valence-electron chi connectivity index (χ4n) is 1.83. The maximum absolute atomic E-state index is 3.51. The van der Waals surface area contributed by atoms with Crippen LogP contribution in [0.4, 0.5) is 0 Å². The lowest BCUT2D eigenvalue weighted by Gasteiger charge is -2.12. The Bertz CT molecular complexity index is 109. The Morgan fingerprint density at radius 3 is 2.88 bits per heavy atom. The first-order chi connectivity index (χ1) is 3.81. The van der Waals surface area contributed by atoms with Crippen LogP contribution < -0.4 is 5.32 Å². The maximum atomic E-state index is 3.51. The lowest BCUT2D eigenvalue weighted by molar-refractivity contribution is 0.480. The van der Waals surface area contributed by atoms with E-state index in [9.17, 15) is 0 Å². The second-order valence-electron chi connectivity index (χ2n) is 3.36. The van der Waals surface area contributed by atoms with E-state index in [4.69, 9.17) is 0 Å². The SMILES string of the molecule is C[C@@]12CCCC[C@@H]1N2. The molecule has 2 atom stereocenters. The summed E-state index contributed by atoms with van der Waals surface area (Å²) < 4.78 is 0. The van der Waals surface area contributed by atoms with Gasteiger partial charge < -0.3 is 5.32 Å². The van der Waals surface area contributed by atoms with Crippen molar-refractivity contribution in [1.29, 1.82) is 0 Å². The second kappa shape index (κ2) is 1.27. The Hall–Kier alpha value is -0.0400. The van der Waals surface area contributed by atoms with E-state index in [1.165, 1.54) is 25.7 Å². The molecule has 1 saturated carbocycles. The Morgan fingerprint density at radius 2 is 2.38 bits per heavy atom. The van der Waals surface area contributed by atoms with Crippen LogP contribution in [0.15, 0.2) is 0 Å². The number of rotatable bonds is 0. The van der Waals surface area contributed by atoms with E-state index in [2.05, 4.69) is 12.2 Å². The van der Waals surface area contributed by atoms with Crippen molar-refractivity contribution in [2.75, 3.05) is 0 Å². The van der Waals surface area contributed by atoms with E-state index in [0.717, 1.165) is 6.04 Å². The minimum Gasteiger partial charge on any atom is -0.305 e. The molecule has 1 nitrogen and oxygen atoms in total. The van der Waals surface area contributed by atoms with E-state index < -0.39 is 0 Å². The molecule has 0 aromatic heterocycles. The molecule has 2 fully saturated rings. The van der Waals surface area contributed by atoms with Gasteiger partial charge in [0.1, 0.15) is 0 Å². The zero-order chi connectivity index (χ0) is 5.61. The summed E-state index contributed by atoms with van der Waals surface area (Å²) in [4.78, 5) is 0. The predicted octanol–water partition coefficient (Wildman–Crippen LogP) is 1.29. The van der Waals surface area contributed by atoms with Crippen molar-refractivity contribution in [2.24, 2.45) is 0 Å². The summed E-state index contributed by atoms with van der Waals surface area (Å²) in [5.41, 5.74) is 0.595. The Kier molecular flexibility index (Phi) is 0.762. The van der Waals surface area contributed by atoms with Gasteiger partial charge in [-0.15, -0.1) is 0 Å². The fraction of sp³-hybridized carbons (Fsp3) is 1.00. The van der Waals surface area contributed by atoms with Crippen molar-refractivity contribution >= 4 is 0 Å². The molecule has 0 spiro atoms. The Balaban J connectivity index is 2.04. The van der Waals surface area contributed by atoms with Gasteiger partial charge in [0, 0.05) is 11.6 Å². The first-order valence-electron chi connectivity index (χ1n) is 3.59. The van der Waals surface area contributed by atoms with Crippen molar-refractivity contribution in [3.05, 3.63) is 0 Å². The Labute approximate surface area is 50.5 Å². The molecule has 2 aliphatic rings. The largest absolute Gasteiger partial charge is 0.305 e. The van der Waals surface area contributed by atoms with Crippen LogP contribution in [0, 0.1) is 0 Å². The van der Waals surface area contributed by atoms with Gasteiger partial charge in [-0.2, -0.15) is 0 Å². The van der Waals surface area contributed by atoms with Crippen molar-refractivity contribution in [3.63, 3.8) is 0 Å². The average molecular weight is 111 g/mol. The van der Waals surface area contributed by atoms with E-state index in [-0.39, 0.29) is 0 Å². The van der Waals surface area contributed by atoms with Crippen LogP contribution in [-0.2, 0) is 0 Å². The monoisotopic (exact) mass is 111 g/mol. The lowest BCUT2D eigenvalue weighted by Crippen LogP contribution is -2.14. The lowest BCUT2D eigenvalue weighted by atomic mass is 9.91. The van der Waals surface area contributed by atoms with Crippen LogP contribution in [0.3, 0.4) is 0 Å². The summed E-state index contributed by atoms with van der Waals surface area (Å²) in [7, 11) is 0. The van der Waals surface area contributed by atoms with Gasteiger partial charge in [0.15, 0.2) is 0 Å². The van der Waals surface area contributed by atoms with Crippen molar-refractivity contribution < 1.29 is 0 Å². The van der Waals surface area contributed by atoms with Crippen LogP contribution in [0.2, 0.25) is 0 Å². The molecule has 1 aliphatic heterocycles. The van der Waals surface area contributed by atoms with Crippen LogP contribution in [0.1, 0.15) is 32.6 Å². The van der Waals surface area contributed by atoms with Gasteiger partial charge in [0.25, 0.3) is 0 Å². The van der Waals surface area contributed by atoms with Crippen LogP contribution in [-0.4, -0.2) is 11.6 Å². The zero-order valence-electron chi connectivity index (χ0n) is 5.41. The quantitative estimate of drug-likeness (QED) is 0.467. The van der Waals surface area contributed by atoms with Crippen LogP contribution in [0.5, 0.6) is 0 Å². The molecular weight excluding hydrogens is 98.1 g/mol. The topological polar surface area (TPSA) is 21.9 Å². The molecule has 8 heavy (non-hydrogen) atoms. The molecule has 0 amide bonds. The van der Waals surface area contributed by atoms with Crippen molar-refractivity contribution in [3.8, 4) is 0 Å². The highest BCUT2D eigenvalue weighted by molar-refractivity contribution is 5.12. The molecule has 1 N–H and O–H groups in total. The van der Waals surface area contributed by atoms with E-state index in [1.807, 2.05) is 0 Å². The highest BCUT2D eigenvalue weighted by Gasteiger charge is 2.49. The second-order valence-corrected chi connectivity index (χ2v) is 3.36. The van der Waals surface area contributed by atoms with E-state index in [1.54, 1.807) is 0 Å². The molecule has 0 bridgehead atoms. The molecule has 0 unspecified atom stereocenters. The van der Waals surface area contributed by atoms with E-state index >= 15 is 0 Å². The molecule has 1 saturated heterocycles. The number of hydrogen-bond acceptors (Lipinski definition) is 1. The third-order valence-corrected chi connectivity index (χ3v) is 2.63. The highest BCUT2D eigenvalue weighted by Crippen LogP contribution is 2.39. The summed E-state index contributed by atoms with van der Waals surface area (Å²) in [5.74, 6) is 0. The number of hydrogen-bond donors (Lipinski definition) is 1. The first-order valence-corrected chi connectivity index (χ1v) is 3.59. The standard InChI is InChI=1S/C7H13N/c1-7-5-3-2-4-6(7)8-7/h6,8H,2-5H2,1H3/t6-,7+/m0/s1. The highest BCUT2D eigenvalue weighted by atomic mass is 15.2. The molecule has 0 radical (unpaired) electrons.